The van der Waals surface area contributed by atoms with Gasteiger partial charge in [0.25, 0.3) is 5.91 Å². The molecule has 8 heteroatoms. The average molecular weight is 413 g/mol. The number of rotatable bonds is 7. The largest absolute Gasteiger partial charge is 0.491 e. The zero-order chi connectivity index (χ0) is 18.9. The van der Waals surface area contributed by atoms with Gasteiger partial charge in [0.2, 0.25) is 0 Å². The Morgan fingerprint density at radius 3 is 2.35 bits per heavy atom. The lowest BCUT2D eigenvalue weighted by Gasteiger charge is -2.11. The third-order valence-corrected chi connectivity index (χ3v) is 3.81. The van der Waals surface area contributed by atoms with Gasteiger partial charge in [-0.3, -0.25) is 10.1 Å². The van der Waals surface area contributed by atoms with Gasteiger partial charge in [-0.25, -0.2) is 0 Å². The molecule has 0 saturated heterocycles. The second-order valence-electron chi connectivity index (χ2n) is 5.14. The van der Waals surface area contributed by atoms with Gasteiger partial charge in [0.1, 0.15) is 12.4 Å². The average Bonchev–Trinajstić information content (AvgIpc) is 2.59. The van der Waals surface area contributed by atoms with Crippen molar-refractivity contribution in [1.29, 1.82) is 0 Å². The van der Waals surface area contributed by atoms with E-state index in [1.807, 2.05) is 6.92 Å². The molecule has 0 spiro atoms. The van der Waals surface area contributed by atoms with Crippen LogP contribution in [0.5, 0.6) is 5.75 Å². The quantitative estimate of drug-likeness (QED) is 0.516. The topological polar surface area (TPSA) is 59.6 Å². The summed E-state index contributed by atoms with van der Waals surface area (Å²) in [6.45, 7) is 3.62. The SMILES string of the molecule is CCOCCOc1ccc(NC(=S)NC(=O)c2cc(Cl)cc(Cl)c2)cc1. The third-order valence-electron chi connectivity index (χ3n) is 3.16. The van der Waals surface area contributed by atoms with Crippen molar-refractivity contribution in [2.45, 2.75) is 6.92 Å². The highest BCUT2D eigenvalue weighted by Gasteiger charge is 2.10. The van der Waals surface area contributed by atoms with Crippen molar-refractivity contribution in [2.24, 2.45) is 0 Å². The summed E-state index contributed by atoms with van der Waals surface area (Å²) in [7, 11) is 0. The number of hydrogen-bond acceptors (Lipinski definition) is 4. The third kappa shape index (κ3) is 6.80. The van der Waals surface area contributed by atoms with Crippen molar-refractivity contribution < 1.29 is 14.3 Å². The molecule has 0 unspecified atom stereocenters. The summed E-state index contributed by atoms with van der Waals surface area (Å²) in [5, 5.41) is 6.42. The maximum atomic E-state index is 12.2. The van der Waals surface area contributed by atoms with E-state index >= 15 is 0 Å². The van der Waals surface area contributed by atoms with Crippen molar-refractivity contribution >= 4 is 52.1 Å². The van der Waals surface area contributed by atoms with Crippen LogP contribution in [0.25, 0.3) is 0 Å². The fraction of sp³-hybridized carbons (Fsp3) is 0.222. The van der Waals surface area contributed by atoms with E-state index in [2.05, 4.69) is 10.6 Å². The molecule has 2 aromatic carbocycles. The summed E-state index contributed by atoms with van der Waals surface area (Å²) in [6.07, 6.45) is 0. The zero-order valence-corrected chi connectivity index (χ0v) is 16.4. The first-order valence-electron chi connectivity index (χ1n) is 7.87. The standard InChI is InChI=1S/C18H18Cl2N2O3S/c1-2-24-7-8-25-16-5-3-15(4-6-16)21-18(26)22-17(23)12-9-13(19)11-14(20)10-12/h3-6,9-11H,2,7-8H2,1H3,(H2,21,22,23,26). The molecule has 2 aromatic rings. The molecular weight excluding hydrogens is 395 g/mol. The van der Waals surface area contributed by atoms with Crippen LogP contribution in [0.3, 0.4) is 0 Å². The van der Waals surface area contributed by atoms with Gasteiger partial charge in [-0.15, -0.1) is 0 Å². The van der Waals surface area contributed by atoms with Crippen LogP contribution in [0.1, 0.15) is 17.3 Å². The minimum absolute atomic E-state index is 0.163. The Bertz CT molecular complexity index is 749. The van der Waals surface area contributed by atoms with Crippen LogP contribution in [0, 0.1) is 0 Å². The predicted molar refractivity (Wildman–Crippen MR) is 109 cm³/mol. The highest BCUT2D eigenvalue weighted by Crippen LogP contribution is 2.19. The first-order valence-corrected chi connectivity index (χ1v) is 9.03. The van der Waals surface area contributed by atoms with Crippen LogP contribution in [0.4, 0.5) is 5.69 Å². The molecule has 0 atom stereocenters. The molecular formula is C18H18Cl2N2O3S. The van der Waals surface area contributed by atoms with E-state index in [-0.39, 0.29) is 5.11 Å². The van der Waals surface area contributed by atoms with Crippen molar-refractivity contribution in [3.63, 3.8) is 0 Å². The lowest BCUT2D eigenvalue weighted by atomic mass is 10.2. The van der Waals surface area contributed by atoms with Crippen LogP contribution in [-0.4, -0.2) is 30.8 Å². The summed E-state index contributed by atoms with van der Waals surface area (Å²) in [5.74, 6) is 0.321. The van der Waals surface area contributed by atoms with Gasteiger partial charge in [-0.05, 0) is 61.6 Å². The van der Waals surface area contributed by atoms with Crippen molar-refractivity contribution in [3.8, 4) is 5.75 Å². The number of halogens is 2. The monoisotopic (exact) mass is 412 g/mol. The molecule has 5 nitrogen and oxygen atoms in total. The van der Waals surface area contributed by atoms with Gasteiger partial charge in [0.05, 0.1) is 6.61 Å². The Kier molecular flexibility index (Phi) is 8.12. The Labute approximate surface area is 167 Å². The predicted octanol–water partition coefficient (Wildman–Crippen LogP) is 4.54. The van der Waals surface area contributed by atoms with Gasteiger partial charge < -0.3 is 14.8 Å². The molecule has 0 bridgehead atoms. The first-order chi connectivity index (χ1) is 12.5. The Morgan fingerprint density at radius 2 is 1.73 bits per heavy atom. The minimum Gasteiger partial charge on any atom is -0.491 e. The number of thiocarbonyl (C=S) groups is 1. The molecule has 2 N–H and O–H groups in total. The van der Waals surface area contributed by atoms with Crippen LogP contribution in [0.2, 0.25) is 10.0 Å². The summed E-state index contributed by atoms with van der Waals surface area (Å²) >= 11 is 16.9. The van der Waals surface area contributed by atoms with Crippen LogP contribution in [-0.2, 0) is 4.74 Å². The second kappa shape index (κ2) is 10.3. The van der Waals surface area contributed by atoms with Gasteiger partial charge in [0.15, 0.2) is 5.11 Å². The normalized spacial score (nSPS) is 10.3. The number of anilines is 1. The van der Waals surface area contributed by atoms with Gasteiger partial charge >= 0.3 is 0 Å². The molecule has 26 heavy (non-hydrogen) atoms. The summed E-state index contributed by atoms with van der Waals surface area (Å²) in [6, 6.07) is 11.8. The fourth-order valence-corrected chi connectivity index (χ4v) is 2.76. The summed E-state index contributed by atoms with van der Waals surface area (Å²) < 4.78 is 10.7. The van der Waals surface area contributed by atoms with E-state index in [1.165, 1.54) is 12.1 Å². The number of carbonyl (C=O) groups is 1. The molecule has 0 aromatic heterocycles. The molecule has 138 valence electrons. The Hall–Kier alpha value is -1.86. The van der Waals surface area contributed by atoms with Gasteiger partial charge in [-0.1, -0.05) is 23.2 Å². The lowest BCUT2D eigenvalue weighted by Crippen LogP contribution is -2.34. The molecule has 2 rings (SSSR count). The van der Waals surface area contributed by atoms with E-state index in [9.17, 15) is 4.79 Å². The highest BCUT2D eigenvalue weighted by atomic mass is 35.5. The van der Waals surface area contributed by atoms with Crippen molar-refractivity contribution in [1.82, 2.24) is 5.32 Å². The fourth-order valence-electron chi connectivity index (χ4n) is 2.02. The molecule has 0 aliphatic heterocycles. The van der Waals surface area contributed by atoms with Crippen LogP contribution in [0.15, 0.2) is 42.5 Å². The molecule has 0 radical (unpaired) electrons. The van der Waals surface area contributed by atoms with Crippen molar-refractivity contribution in [2.75, 3.05) is 25.1 Å². The van der Waals surface area contributed by atoms with E-state index < -0.39 is 5.91 Å². The maximum absolute atomic E-state index is 12.2. The number of benzene rings is 2. The highest BCUT2D eigenvalue weighted by molar-refractivity contribution is 7.80. The van der Waals surface area contributed by atoms with Gasteiger partial charge in [0, 0.05) is 27.9 Å². The molecule has 0 saturated carbocycles. The summed E-state index contributed by atoms with van der Waals surface area (Å²) in [5.41, 5.74) is 1.04. The van der Waals surface area contributed by atoms with Crippen molar-refractivity contribution in [3.05, 3.63) is 58.1 Å². The molecule has 1 amide bonds. The minimum atomic E-state index is -0.400. The van der Waals surface area contributed by atoms with Crippen LogP contribution < -0.4 is 15.4 Å². The zero-order valence-electron chi connectivity index (χ0n) is 14.1. The maximum Gasteiger partial charge on any atom is 0.257 e. The number of ether oxygens (including phenoxy) is 2. The van der Waals surface area contributed by atoms with E-state index in [0.717, 1.165) is 11.4 Å². The second-order valence-corrected chi connectivity index (χ2v) is 6.42. The number of hydrogen-bond donors (Lipinski definition) is 2. The van der Waals surface area contributed by atoms with E-state index in [1.54, 1.807) is 30.3 Å². The van der Waals surface area contributed by atoms with E-state index in [4.69, 9.17) is 44.9 Å². The first kappa shape index (κ1) is 20.5. The summed E-state index contributed by atoms with van der Waals surface area (Å²) in [4.78, 5) is 12.2. The number of amides is 1. The molecule has 0 heterocycles. The van der Waals surface area contributed by atoms with Gasteiger partial charge in [-0.2, -0.15) is 0 Å². The van der Waals surface area contributed by atoms with E-state index in [0.29, 0.717) is 35.4 Å². The molecule has 0 fully saturated rings. The molecule has 0 aliphatic carbocycles. The number of nitrogens with one attached hydrogen (secondary N) is 2. The number of carbonyl (C=O) groups excluding carboxylic acids is 1. The van der Waals surface area contributed by atoms with Crippen LogP contribution >= 0.6 is 35.4 Å². The smallest absolute Gasteiger partial charge is 0.257 e. The Balaban J connectivity index is 1.86. The lowest BCUT2D eigenvalue weighted by molar-refractivity contribution is 0.0977. The Morgan fingerprint density at radius 1 is 1.08 bits per heavy atom. The molecule has 0 aliphatic rings.